The number of hydrogen-bond acceptors (Lipinski definition) is 8. The average Bonchev–Trinajstić information content (AvgIpc) is 2.80. The predicted molar refractivity (Wildman–Crippen MR) is 117 cm³/mol. The highest BCUT2D eigenvalue weighted by molar-refractivity contribution is 5.89. The number of para-hydroxylation sites is 1. The number of carbonyl (C=O) groups is 1. The minimum Gasteiger partial charge on any atom is -0.507 e. The number of esters is 1. The lowest BCUT2D eigenvalue weighted by atomic mass is 10.0. The van der Waals surface area contributed by atoms with Crippen molar-refractivity contribution < 1.29 is 19.4 Å². The van der Waals surface area contributed by atoms with Gasteiger partial charge in [0.2, 0.25) is 0 Å². The first kappa shape index (κ1) is 20.6. The Balaban J connectivity index is 1.59. The molecule has 160 valence electrons. The summed E-state index contributed by atoms with van der Waals surface area (Å²) in [5, 5.41) is 18.4. The number of hydrogen-bond donors (Lipinski definition) is 2. The minimum absolute atomic E-state index is 0.107. The van der Waals surface area contributed by atoms with Crippen LogP contribution in [-0.2, 0) is 9.47 Å². The van der Waals surface area contributed by atoms with E-state index in [1.165, 1.54) is 0 Å². The summed E-state index contributed by atoms with van der Waals surface area (Å²) in [6.45, 7) is 1.00. The van der Waals surface area contributed by atoms with Gasteiger partial charge in [0.25, 0.3) is 0 Å². The third-order valence-corrected chi connectivity index (χ3v) is 5.31. The molecule has 2 aromatic carbocycles. The Hall–Kier alpha value is -3.65. The second kappa shape index (κ2) is 9.01. The van der Waals surface area contributed by atoms with E-state index in [9.17, 15) is 9.90 Å². The highest BCUT2D eigenvalue weighted by atomic mass is 16.5. The Morgan fingerprint density at radius 3 is 2.52 bits per heavy atom. The zero-order valence-corrected chi connectivity index (χ0v) is 17.1. The summed E-state index contributed by atoms with van der Waals surface area (Å²) >= 11 is 0. The molecule has 0 amide bonds. The summed E-state index contributed by atoms with van der Waals surface area (Å²) in [4.78, 5) is 14.5. The molecule has 0 radical (unpaired) electrons. The molecule has 0 saturated carbocycles. The number of aromatic nitrogens is 2. The lowest BCUT2D eigenvalue weighted by Gasteiger charge is -2.38. The number of phenols is 1. The van der Waals surface area contributed by atoms with Gasteiger partial charge in [-0.2, -0.15) is 0 Å². The van der Waals surface area contributed by atoms with Crippen molar-refractivity contribution in [2.24, 2.45) is 0 Å². The van der Waals surface area contributed by atoms with Crippen LogP contribution in [0.5, 0.6) is 5.75 Å². The van der Waals surface area contributed by atoms with E-state index in [2.05, 4.69) is 10.2 Å². The van der Waals surface area contributed by atoms with Crippen LogP contribution in [0.15, 0.2) is 60.7 Å². The van der Waals surface area contributed by atoms with Crippen LogP contribution in [0, 0.1) is 0 Å². The van der Waals surface area contributed by atoms with Crippen LogP contribution in [0.2, 0.25) is 0 Å². The first-order valence-corrected chi connectivity index (χ1v) is 10.0. The topological polar surface area (TPSA) is 111 Å². The van der Waals surface area contributed by atoms with E-state index in [-0.39, 0.29) is 29.7 Å². The normalized spacial score (nSPS) is 18.5. The smallest absolute Gasteiger partial charge is 0.338 e. The number of phenolic OH excluding ortho intramolecular Hbond substituents is 1. The van der Waals surface area contributed by atoms with Gasteiger partial charge < -0.3 is 25.2 Å². The quantitative estimate of drug-likeness (QED) is 0.606. The van der Waals surface area contributed by atoms with Gasteiger partial charge in [0, 0.05) is 25.6 Å². The second-order valence-electron chi connectivity index (χ2n) is 7.41. The Labute approximate surface area is 180 Å². The van der Waals surface area contributed by atoms with Crippen molar-refractivity contribution in [3.05, 3.63) is 66.2 Å². The van der Waals surface area contributed by atoms with Crippen molar-refractivity contribution in [1.29, 1.82) is 0 Å². The molecule has 8 nitrogen and oxygen atoms in total. The molecule has 1 aliphatic rings. The van der Waals surface area contributed by atoms with Gasteiger partial charge in [0.05, 0.1) is 29.6 Å². The maximum absolute atomic E-state index is 12.5. The molecular formula is C23H24N4O4. The van der Waals surface area contributed by atoms with Crippen molar-refractivity contribution in [3.8, 4) is 17.0 Å². The fourth-order valence-electron chi connectivity index (χ4n) is 3.72. The van der Waals surface area contributed by atoms with Gasteiger partial charge in [0.1, 0.15) is 11.9 Å². The van der Waals surface area contributed by atoms with Crippen molar-refractivity contribution >= 4 is 17.5 Å². The van der Waals surface area contributed by atoms with Gasteiger partial charge in [-0.15, -0.1) is 10.2 Å². The lowest BCUT2D eigenvalue weighted by molar-refractivity contribution is -0.00107. The number of piperidine rings is 1. The monoisotopic (exact) mass is 420 g/mol. The largest absolute Gasteiger partial charge is 0.507 e. The van der Waals surface area contributed by atoms with E-state index in [1.54, 1.807) is 55.6 Å². The molecule has 1 fully saturated rings. The summed E-state index contributed by atoms with van der Waals surface area (Å²) in [5.41, 5.74) is 8.34. The van der Waals surface area contributed by atoms with Crippen molar-refractivity contribution in [3.63, 3.8) is 0 Å². The average molecular weight is 420 g/mol. The molecule has 1 aliphatic heterocycles. The predicted octanol–water partition coefficient (Wildman–Crippen LogP) is 2.88. The zero-order valence-electron chi connectivity index (χ0n) is 17.1. The Morgan fingerprint density at radius 2 is 1.77 bits per heavy atom. The SMILES string of the molecule is COC1CC(OC(=O)c2ccccc2)CN(c2cc(-c3ccccc3O)nnc2N)C1. The Bertz CT molecular complexity index is 1060. The number of benzene rings is 2. The van der Waals surface area contributed by atoms with Gasteiger partial charge in [0.15, 0.2) is 5.82 Å². The Kier molecular flexibility index (Phi) is 5.99. The van der Waals surface area contributed by atoms with E-state index in [0.717, 1.165) is 0 Å². The number of carbonyl (C=O) groups excluding carboxylic acids is 1. The number of rotatable bonds is 5. The molecule has 2 atom stereocenters. The molecule has 3 aromatic rings. The van der Waals surface area contributed by atoms with Crippen LogP contribution in [0.3, 0.4) is 0 Å². The molecule has 3 N–H and O–H groups in total. The molecule has 0 bridgehead atoms. The van der Waals surface area contributed by atoms with Gasteiger partial charge in [-0.3, -0.25) is 0 Å². The third-order valence-electron chi connectivity index (χ3n) is 5.31. The first-order chi connectivity index (χ1) is 15.0. The maximum Gasteiger partial charge on any atom is 0.338 e. The van der Waals surface area contributed by atoms with Crippen LogP contribution >= 0.6 is 0 Å². The molecule has 4 rings (SSSR count). The van der Waals surface area contributed by atoms with Gasteiger partial charge >= 0.3 is 5.97 Å². The maximum atomic E-state index is 12.5. The summed E-state index contributed by atoms with van der Waals surface area (Å²) in [6, 6.07) is 17.6. The number of nitrogens with two attached hydrogens (primary N) is 1. The lowest BCUT2D eigenvalue weighted by Crippen LogP contribution is -2.48. The van der Waals surface area contributed by atoms with Crippen molar-refractivity contribution in [1.82, 2.24) is 10.2 Å². The van der Waals surface area contributed by atoms with Crippen molar-refractivity contribution in [2.75, 3.05) is 30.8 Å². The third kappa shape index (κ3) is 4.59. The summed E-state index contributed by atoms with van der Waals surface area (Å²) in [5.74, 6) is -0.0160. The van der Waals surface area contributed by atoms with Crippen LogP contribution in [0.1, 0.15) is 16.8 Å². The molecule has 0 spiro atoms. The van der Waals surface area contributed by atoms with E-state index in [0.29, 0.717) is 42.0 Å². The van der Waals surface area contributed by atoms with Crippen LogP contribution in [-0.4, -0.2) is 53.7 Å². The molecular weight excluding hydrogens is 396 g/mol. The van der Waals surface area contributed by atoms with Gasteiger partial charge in [-0.25, -0.2) is 4.79 Å². The summed E-state index contributed by atoms with van der Waals surface area (Å²) < 4.78 is 11.3. The number of anilines is 2. The first-order valence-electron chi connectivity index (χ1n) is 10.0. The minimum atomic E-state index is -0.382. The number of ether oxygens (including phenoxy) is 2. The standard InChI is InChI=1S/C23H24N4O4/c1-30-16-11-17(31-23(29)15-7-3-2-4-8-15)14-27(13-16)20-12-19(25-26-22(20)24)18-9-5-6-10-21(18)28/h2-10,12,16-17,28H,11,13-14H2,1H3,(H2,24,26). The molecule has 1 saturated heterocycles. The number of nitrogen functional groups attached to an aromatic ring is 1. The molecule has 31 heavy (non-hydrogen) atoms. The number of aromatic hydroxyl groups is 1. The van der Waals surface area contributed by atoms with Crippen LogP contribution in [0.25, 0.3) is 11.3 Å². The fraction of sp³-hybridized carbons (Fsp3) is 0.261. The summed E-state index contributed by atoms with van der Waals surface area (Å²) in [7, 11) is 1.63. The van der Waals surface area contributed by atoms with E-state index < -0.39 is 0 Å². The van der Waals surface area contributed by atoms with Crippen molar-refractivity contribution in [2.45, 2.75) is 18.6 Å². The zero-order chi connectivity index (χ0) is 21.8. The van der Waals surface area contributed by atoms with E-state index in [4.69, 9.17) is 15.2 Å². The molecule has 2 heterocycles. The number of nitrogens with zero attached hydrogens (tertiary/aromatic N) is 3. The highest BCUT2D eigenvalue weighted by Gasteiger charge is 2.31. The number of methoxy groups -OCH3 is 1. The highest BCUT2D eigenvalue weighted by Crippen LogP contribution is 2.33. The molecule has 0 aliphatic carbocycles. The van der Waals surface area contributed by atoms with Crippen LogP contribution in [0.4, 0.5) is 11.5 Å². The van der Waals surface area contributed by atoms with Gasteiger partial charge in [-0.05, 0) is 30.3 Å². The van der Waals surface area contributed by atoms with E-state index in [1.807, 2.05) is 17.0 Å². The van der Waals surface area contributed by atoms with E-state index >= 15 is 0 Å². The molecule has 8 heteroatoms. The van der Waals surface area contributed by atoms with Crippen LogP contribution < -0.4 is 10.6 Å². The Morgan fingerprint density at radius 1 is 1.06 bits per heavy atom. The second-order valence-corrected chi connectivity index (χ2v) is 7.41. The molecule has 1 aromatic heterocycles. The molecule has 2 unspecified atom stereocenters. The van der Waals surface area contributed by atoms with Gasteiger partial charge in [-0.1, -0.05) is 30.3 Å². The summed E-state index contributed by atoms with van der Waals surface area (Å²) in [6.07, 6.45) is 0.0482. The fourth-order valence-corrected chi connectivity index (χ4v) is 3.72.